The van der Waals surface area contributed by atoms with Crippen LogP contribution in [0.2, 0.25) is 0 Å². The predicted octanol–water partition coefficient (Wildman–Crippen LogP) is 4.11. The molecule has 0 bridgehead atoms. The lowest BCUT2D eigenvalue weighted by Gasteiger charge is -2.66. The first-order valence-corrected chi connectivity index (χ1v) is 14.4. The van der Waals surface area contributed by atoms with Crippen molar-refractivity contribution in [2.45, 2.75) is 91.6 Å². The minimum absolute atomic E-state index is 0.0484. The SMILES string of the molecule is CC(=O)O[C@@H](CC1=CC(=O)OC1)[C@]1(C)[C@H]2CCC=C(C)[C@]2(C)[C@@H](OC(=O)c2cccnc2)[C@H](OC(=O)C(C)C)[C@]1(C)O. The molecule has 0 amide bonds. The van der Waals surface area contributed by atoms with Gasteiger partial charge in [0.2, 0.25) is 0 Å². The van der Waals surface area contributed by atoms with Gasteiger partial charge in [0.1, 0.15) is 18.3 Å². The van der Waals surface area contributed by atoms with E-state index in [1.54, 1.807) is 39.1 Å². The quantitative estimate of drug-likeness (QED) is 0.270. The number of fused-ring (bicyclic) bond motifs is 1. The number of esters is 4. The van der Waals surface area contributed by atoms with Gasteiger partial charge in [-0.3, -0.25) is 14.6 Å². The zero-order chi connectivity index (χ0) is 31.0. The molecular formula is C32H41NO9. The molecule has 228 valence electrons. The van der Waals surface area contributed by atoms with E-state index in [0.717, 1.165) is 5.57 Å². The fourth-order valence-electron chi connectivity index (χ4n) is 7.06. The summed E-state index contributed by atoms with van der Waals surface area (Å²) in [6, 6.07) is 3.20. The van der Waals surface area contributed by atoms with Gasteiger partial charge in [0, 0.05) is 42.6 Å². The van der Waals surface area contributed by atoms with E-state index >= 15 is 0 Å². The molecule has 0 radical (unpaired) electrons. The molecule has 3 aliphatic rings. The first kappa shape index (κ1) is 31.4. The van der Waals surface area contributed by atoms with Gasteiger partial charge in [-0.15, -0.1) is 0 Å². The fourth-order valence-corrected chi connectivity index (χ4v) is 7.06. The van der Waals surface area contributed by atoms with Gasteiger partial charge in [-0.05, 0) is 50.3 Å². The number of pyridine rings is 1. The highest BCUT2D eigenvalue weighted by Crippen LogP contribution is 2.65. The lowest BCUT2D eigenvalue weighted by Crippen LogP contribution is -2.76. The highest BCUT2D eigenvalue weighted by Gasteiger charge is 2.73. The van der Waals surface area contributed by atoms with Crippen LogP contribution in [0.4, 0.5) is 0 Å². The number of hydrogen-bond acceptors (Lipinski definition) is 10. The van der Waals surface area contributed by atoms with Gasteiger partial charge in [0.25, 0.3) is 0 Å². The molecule has 10 nitrogen and oxygen atoms in total. The number of ether oxygens (including phenoxy) is 4. The highest BCUT2D eigenvalue weighted by molar-refractivity contribution is 5.89. The molecule has 1 aromatic rings. The summed E-state index contributed by atoms with van der Waals surface area (Å²) < 4.78 is 23.4. The van der Waals surface area contributed by atoms with E-state index in [0.29, 0.717) is 18.4 Å². The van der Waals surface area contributed by atoms with Crippen LogP contribution in [0.15, 0.2) is 47.8 Å². The number of nitrogens with zero attached hydrogens (tertiary/aromatic N) is 1. The molecule has 0 saturated heterocycles. The van der Waals surface area contributed by atoms with E-state index in [2.05, 4.69) is 11.1 Å². The first-order valence-electron chi connectivity index (χ1n) is 14.4. The molecule has 0 aromatic carbocycles. The van der Waals surface area contributed by atoms with Crippen molar-refractivity contribution in [3.63, 3.8) is 0 Å². The van der Waals surface area contributed by atoms with Crippen molar-refractivity contribution in [3.05, 3.63) is 53.4 Å². The van der Waals surface area contributed by atoms with E-state index in [1.165, 1.54) is 19.2 Å². The smallest absolute Gasteiger partial charge is 0.340 e. The van der Waals surface area contributed by atoms with E-state index in [4.69, 9.17) is 18.9 Å². The van der Waals surface area contributed by atoms with Crippen molar-refractivity contribution in [2.75, 3.05) is 6.61 Å². The lowest BCUT2D eigenvalue weighted by molar-refractivity contribution is -0.295. The fraction of sp³-hybridized carbons (Fsp3) is 0.594. The lowest BCUT2D eigenvalue weighted by atomic mass is 9.42. The Kier molecular flexibility index (Phi) is 8.69. The van der Waals surface area contributed by atoms with Gasteiger partial charge in [0.05, 0.1) is 11.5 Å². The molecule has 1 aromatic heterocycles. The van der Waals surface area contributed by atoms with Gasteiger partial charge in [-0.1, -0.05) is 39.3 Å². The second-order valence-electron chi connectivity index (χ2n) is 12.5. The van der Waals surface area contributed by atoms with Crippen LogP contribution < -0.4 is 0 Å². The maximum Gasteiger partial charge on any atom is 0.340 e. The van der Waals surface area contributed by atoms with Gasteiger partial charge < -0.3 is 24.1 Å². The van der Waals surface area contributed by atoms with E-state index in [1.807, 2.05) is 20.8 Å². The van der Waals surface area contributed by atoms with Gasteiger partial charge >= 0.3 is 23.9 Å². The number of aromatic nitrogens is 1. The Bertz CT molecular complexity index is 1300. The number of allylic oxidation sites excluding steroid dienone is 1. The zero-order valence-electron chi connectivity index (χ0n) is 25.3. The third kappa shape index (κ3) is 5.37. The number of carbonyl (C=O) groups is 4. The molecule has 7 atom stereocenters. The molecule has 1 fully saturated rings. The third-order valence-electron chi connectivity index (χ3n) is 9.71. The van der Waals surface area contributed by atoms with Crippen LogP contribution in [-0.4, -0.2) is 64.5 Å². The third-order valence-corrected chi connectivity index (χ3v) is 9.71. The molecule has 42 heavy (non-hydrogen) atoms. The number of aliphatic hydroxyl groups is 1. The first-order chi connectivity index (χ1) is 19.6. The molecule has 0 unspecified atom stereocenters. The summed E-state index contributed by atoms with van der Waals surface area (Å²) in [4.78, 5) is 55.1. The van der Waals surface area contributed by atoms with Gasteiger partial charge in [-0.2, -0.15) is 0 Å². The van der Waals surface area contributed by atoms with Crippen LogP contribution >= 0.6 is 0 Å². The predicted molar refractivity (Wildman–Crippen MR) is 151 cm³/mol. The highest BCUT2D eigenvalue weighted by atomic mass is 16.6. The Morgan fingerprint density at radius 1 is 1.17 bits per heavy atom. The molecule has 1 saturated carbocycles. The van der Waals surface area contributed by atoms with Crippen LogP contribution in [0.5, 0.6) is 0 Å². The Morgan fingerprint density at radius 3 is 2.45 bits per heavy atom. The summed E-state index contributed by atoms with van der Waals surface area (Å²) in [5, 5.41) is 12.7. The van der Waals surface area contributed by atoms with Crippen molar-refractivity contribution in [3.8, 4) is 0 Å². The monoisotopic (exact) mass is 583 g/mol. The summed E-state index contributed by atoms with van der Waals surface area (Å²) in [7, 11) is 0. The summed E-state index contributed by atoms with van der Waals surface area (Å²) in [6.07, 6.45) is 4.37. The summed E-state index contributed by atoms with van der Waals surface area (Å²) >= 11 is 0. The standard InChI is InChI=1S/C32H41NO9/c1-18(2)28(36)42-27-26(41-29(37)22-11-9-13-33-16-22)30(5)19(3)10-8-12-23(30)31(6,32(27,7)38)24(40-20(4)34)14-21-15-25(35)39-17-21/h9-11,13,15-16,18,23-24,26-27,38H,8,12,14,17H2,1-7H3/t23-,24-,26-,27-,30-,31-,32-/m0/s1. The van der Waals surface area contributed by atoms with Crippen molar-refractivity contribution < 1.29 is 43.2 Å². The second kappa shape index (κ2) is 11.6. The van der Waals surface area contributed by atoms with E-state index < -0.39 is 70.5 Å². The van der Waals surface area contributed by atoms with Crippen LogP contribution in [-0.2, 0) is 33.3 Å². The van der Waals surface area contributed by atoms with Crippen LogP contribution in [0.1, 0.15) is 78.1 Å². The average Bonchev–Trinajstić information content (AvgIpc) is 3.34. The summed E-state index contributed by atoms with van der Waals surface area (Å²) in [6.45, 7) is 12.0. The topological polar surface area (TPSA) is 138 Å². The van der Waals surface area contributed by atoms with Crippen LogP contribution in [0.25, 0.3) is 0 Å². The van der Waals surface area contributed by atoms with Crippen molar-refractivity contribution in [1.82, 2.24) is 4.98 Å². The molecular weight excluding hydrogens is 542 g/mol. The molecule has 1 N–H and O–H groups in total. The molecule has 4 rings (SSSR count). The van der Waals surface area contributed by atoms with Gasteiger partial charge in [0.15, 0.2) is 12.2 Å². The van der Waals surface area contributed by atoms with Gasteiger partial charge in [-0.25, -0.2) is 9.59 Å². The molecule has 0 spiro atoms. The maximum atomic E-state index is 13.5. The maximum absolute atomic E-state index is 13.5. The Morgan fingerprint density at radius 2 is 1.88 bits per heavy atom. The van der Waals surface area contributed by atoms with E-state index in [9.17, 15) is 24.3 Å². The normalized spacial score (nSPS) is 33.1. The largest absolute Gasteiger partial charge is 0.462 e. The van der Waals surface area contributed by atoms with Crippen LogP contribution in [0.3, 0.4) is 0 Å². The number of hydrogen-bond donors (Lipinski definition) is 1. The summed E-state index contributed by atoms with van der Waals surface area (Å²) in [5.41, 5.74) is -2.32. The Labute approximate surface area is 246 Å². The van der Waals surface area contributed by atoms with Crippen molar-refractivity contribution >= 4 is 23.9 Å². The van der Waals surface area contributed by atoms with Crippen molar-refractivity contribution in [1.29, 1.82) is 0 Å². The zero-order valence-corrected chi connectivity index (χ0v) is 25.3. The molecule has 2 heterocycles. The molecule has 2 aliphatic carbocycles. The Balaban J connectivity index is 1.91. The number of cyclic esters (lactones) is 1. The van der Waals surface area contributed by atoms with Crippen LogP contribution in [0, 0.1) is 22.7 Å². The summed E-state index contributed by atoms with van der Waals surface area (Å²) in [5.74, 6) is -3.24. The van der Waals surface area contributed by atoms with E-state index in [-0.39, 0.29) is 18.6 Å². The molecule has 10 heteroatoms. The number of rotatable bonds is 8. The average molecular weight is 584 g/mol. The second-order valence-corrected chi connectivity index (χ2v) is 12.5. The minimum Gasteiger partial charge on any atom is -0.462 e. The van der Waals surface area contributed by atoms with Crippen molar-refractivity contribution in [2.24, 2.45) is 22.7 Å². The molecule has 1 aliphatic heterocycles. The minimum atomic E-state index is -1.87. The Hall–Kier alpha value is -3.53. The number of carbonyl (C=O) groups excluding carboxylic acids is 4.